The molecule has 0 spiro atoms. The number of nitrogens with one attached hydrogen (secondary N) is 2. The van der Waals surface area contributed by atoms with Crippen LogP contribution in [0.2, 0.25) is 0 Å². The molecule has 0 radical (unpaired) electrons. The Balaban J connectivity index is 1.41. The highest BCUT2D eigenvalue weighted by molar-refractivity contribution is 5.89. The van der Waals surface area contributed by atoms with Crippen LogP contribution in [0.15, 0.2) is 48.5 Å². The topological polar surface area (TPSA) is 114 Å². The third-order valence-electron chi connectivity index (χ3n) is 6.35. The number of carboxylic acids is 1. The van der Waals surface area contributed by atoms with Crippen LogP contribution in [0.25, 0.3) is 11.1 Å². The summed E-state index contributed by atoms with van der Waals surface area (Å²) in [6.07, 6.45) is -0.134. The second-order valence-corrected chi connectivity index (χ2v) is 8.78. The zero-order chi connectivity index (χ0) is 23.4. The van der Waals surface area contributed by atoms with Crippen molar-refractivity contribution in [2.24, 2.45) is 0 Å². The molecule has 174 valence electrons. The average molecular weight is 453 g/mol. The number of hydrogen-bond donors (Lipinski definition) is 3. The van der Waals surface area contributed by atoms with E-state index in [9.17, 15) is 19.5 Å². The van der Waals surface area contributed by atoms with E-state index in [-0.39, 0.29) is 12.5 Å². The van der Waals surface area contributed by atoms with Crippen molar-refractivity contribution in [2.75, 3.05) is 19.8 Å². The third kappa shape index (κ3) is 5.17. The number of carboxylic acid groups (broad SMARTS) is 1. The molecule has 2 aromatic carbocycles. The van der Waals surface area contributed by atoms with E-state index in [2.05, 4.69) is 10.6 Å². The number of carbonyl (C=O) groups is 3. The normalized spacial score (nSPS) is 17.4. The first kappa shape index (κ1) is 22.8. The van der Waals surface area contributed by atoms with Gasteiger partial charge in [0.05, 0.1) is 6.42 Å². The van der Waals surface area contributed by atoms with Crippen molar-refractivity contribution in [3.05, 3.63) is 59.7 Å². The molecule has 2 aromatic rings. The summed E-state index contributed by atoms with van der Waals surface area (Å²) >= 11 is 0. The Hall–Kier alpha value is -3.39. The molecule has 8 heteroatoms. The maximum Gasteiger partial charge on any atom is 0.407 e. The lowest BCUT2D eigenvalue weighted by Crippen LogP contribution is -2.56. The zero-order valence-electron chi connectivity index (χ0n) is 18.5. The van der Waals surface area contributed by atoms with E-state index < -0.39 is 36.0 Å². The van der Waals surface area contributed by atoms with Crippen LogP contribution in [0.4, 0.5) is 4.79 Å². The van der Waals surface area contributed by atoms with Gasteiger partial charge in [-0.25, -0.2) is 4.79 Å². The number of benzene rings is 2. The minimum absolute atomic E-state index is 0.0797. The molecule has 1 aliphatic carbocycles. The van der Waals surface area contributed by atoms with Crippen molar-refractivity contribution in [1.29, 1.82) is 0 Å². The van der Waals surface area contributed by atoms with Crippen molar-refractivity contribution < 1.29 is 29.0 Å². The number of amides is 2. The smallest absolute Gasteiger partial charge is 0.407 e. The van der Waals surface area contributed by atoms with Gasteiger partial charge in [-0.05, 0) is 42.0 Å². The van der Waals surface area contributed by atoms with Crippen LogP contribution in [0.5, 0.6) is 0 Å². The summed E-state index contributed by atoms with van der Waals surface area (Å²) in [7, 11) is 0. The molecular formula is C25H28N2O6. The number of fused-ring (bicyclic) bond motifs is 3. The van der Waals surface area contributed by atoms with Crippen LogP contribution in [-0.4, -0.2) is 54.5 Å². The van der Waals surface area contributed by atoms with E-state index in [1.165, 1.54) is 0 Å². The fourth-order valence-electron chi connectivity index (χ4n) is 4.50. The summed E-state index contributed by atoms with van der Waals surface area (Å²) in [5.41, 5.74) is 3.84. The van der Waals surface area contributed by atoms with E-state index in [1.807, 2.05) is 55.5 Å². The van der Waals surface area contributed by atoms with Gasteiger partial charge in [0.15, 0.2) is 0 Å². The predicted molar refractivity (Wildman–Crippen MR) is 121 cm³/mol. The summed E-state index contributed by atoms with van der Waals surface area (Å²) < 4.78 is 10.8. The van der Waals surface area contributed by atoms with E-state index in [0.29, 0.717) is 26.1 Å². The fourth-order valence-corrected chi connectivity index (χ4v) is 4.50. The summed E-state index contributed by atoms with van der Waals surface area (Å²) in [4.78, 5) is 36.7. The van der Waals surface area contributed by atoms with Crippen LogP contribution < -0.4 is 10.6 Å². The Labute approximate surface area is 192 Å². The Morgan fingerprint density at radius 1 is 1.06 bits per heavy atom. The summed E-state index contributed by atoms with van der Waals surface area (Å²) in [6.45, 7) is 3.00. The van der Waals surface area contributed by atoms with Crippen molar-refractivity contribution >= 4 is 18.0 Å². The molecule has 0 saturated carbocycles. The average Bonchev–Trinajstić information content (AvgIpc) is 3.11. The van der Waals surface area contributed by atoms with Crippen LogP contribution in [0.3, 0.4) is 0 Å². The predicted octanol–water partition coefficient (Wildman–Crippen LogP) is 3.05. The second kappa shape index (κ2) is 9.62. The Bertz CT molecular complexity index is 1000. The maximum atomic E-state index is 12.8. The maximum absolute atomic E-state index is 12.8. The number of ether oxygens (including phenoxy) is 2. The van der Waals surface area contributed by atoms with Gasteiger partial charge in [0.1, 0.15) is 12.6 Å². The monoisotopic (exact) mass is 452 g/mol. The van der Waals surface area contributed by atoms with Crippen LogP contribution in [0, 0.1) is 0 Å². The van der Waals surface area contributed by atoms with Crippen molar-refractivity contribution in [3.8, 4) is 11.1 Å². The highest BCUT2D eigenvalue weighted by Gasteiger charge is 2.34. The van der Waals surface area contributed by atoms with Crippen molar-refractivity contribution in [3.63, 3.8) is 0 Å². The number of aliphatic carboxylic acids is 1. The van der Waals surface area contributed by atoms with Gasteiger partial charge in [-0.3, -0.25) is 9.59 Å². The van der Waals surface area contributed by atoms with Gasteiger partial charge in [-0.15, -0.1) is 0 Å². The van der Waals surface area contributed by atoms with E-state index >= 15 is 0 Å². The number of carbonyl (C=O) groups excluding carboxylic acids is 2. The molecule has 3 N–H and O–H groups in total. The molecule has 1 aliphatic heterocycles. The second-order valence-electron chi connectivity index (χ2n) is 8.78. The van der Waals surface area contributed by atoms with Crippen LogP contribution in [0.1, 0.15) is 43.2 Å². The summed E-state index contributed by atoms with van der Waals surface area (Å²) in [5.74, 6) is -1.86. The van der Waals surface area contributed by atoms with Crippen LogP contribution >= 0.6 is 0 Å². The lowest BCUT2D eigenvalue weighted by molar-refractivity contribution is -0.140. The largest absolute Gasteiger partial charge is 0.481 e. The molecule has 1 heterocycles. The first-order valence-electron chi connectivity index (χ1n) is 11.1. The molecule has 1 fully saturated rings. The molecule has 1 saturated heterocycles. The van der Waals surface area contributed by atoms with E-state index in [1.54, 1.807) is 0 Å². The van der Waals surface area contributed by atoms with Crippen molar-refractivity contribution in [2.45, 2.75) is 43.7 Å². The van der Waals surface area contributed by atoms with Gasteiger partial charge in [-0.1, -0.05) is 48.5 Å². The first-order chi connectivity index (χ1) is 15.9. The van der Waals surface area contributed by atoms with Gasteiger partial charge >= 0.3 is 12.1 Å². The molecule has 4 rings (SSSR count). The van der Waals surface area contributed by atoms with Gasteiger partial charge < -0.3 is 25.2 Å². The Morgan fingerprint density at radius 2 is 1.64 bits per heavy atom. The van der Waals surface area contributed by atoms with Gasteiger partial charge in [0.25, 0.3) is 0 Å². The molecule has 33 heavy (non-hydrogen) atoms. The minimum Gasteiger partial charge on any atom is -0.481 e. The summed E-state index contributed by atoms with van der Waals surface area (Å²) in [5, 5.41) is 14.6. The van der Waals surface area contributed by atoms with E-state index in [4.69, 9.17) is 9.47 Å². The standard InChI is InChI=1S/C25H28N2O6/c1-25(10-12-32-13-11-25)27-23(30)21(14-22(28)29)26-24(31)33-15-20-18-8-4-2-6-16(18)17-7-3-5-9-19(17)20/h2-9,20-21H,10-15H2,1H3,(H,26,31)(H,27,30)(H,28,29). The first-order valence-corrected chi connectivity index (χ1v) is 11.1. The van der Waals surface area contributed by atoms with E-state index in [0.717, 1.165) is 22.3 Å². The van der Waals surface area contributed by atoms with Crippen molar-refractivity contribution in [1.82, 2.24) is 10.6 Å². The van der Waals surface area contributed by atoms with Gasteiger partial charge in [-0.2, -0.15) is 0 Å². The number of hydrogen-bond acceptors (Lipinski definition) is 5. The number of alkyl carbamates (subject to hydrolysis) is 1. The molecule has 2 amide bonds. The molecule has 0 aromatic heterocycles. The fraction of sp³-hybridized carbons (Fsp3) is 0.400. The quantitative estimate of drug-likeness (QED) is 0.595. The van der Waals surface area contributed by atoms with Gasteiger partial charge in [0, 0.05) is 24.7 Å². The molecular weight excluding hydrogens is 424 g/mol. The molecule has 1 atom stereocenters. The Kier molecular flexibility index (Phi) is 6.65. The molecule has 1 unspecified atom stereocenters. The minimum atomic E-state index is -1.24. The zero-order valence-corrected chi connectivity index (χ0v) is 18.5. The van der Waals surface area contributed by atoms with Gasteiger partial charge in [0.2, 0.25) is 5.91 Å². The third-order valence-corrected chi connectivity index (χ3v) is 6.35. The van der Waals surface area contributed by atoms with Crippen LogP contribution in [-0.2, 0) is 19.1 Å². The molecule has 8 nitrogen and oxygen atoms in total. The highest BCUT2D eigenvalue weighted by atomic mass is 16.5. The molecule has 2 aliphatic rings. The Morgan fingerprint density at radius 3 is 2.21 bits per heavy atom. The summed E-state index contributed by atoms with van der Waals surface area (Å²) in [6, 6.07) is 14.7. The molecule has 0 bridgehead atoms. The lowest BCUT2D eigenvalue weighted by Gasteiger charge is -2.35. The SMILES string of the molecule is CC1(NC(=O)C(CC(=O)O)NC(=O)OCC2c3ccccc3-c3ccccc32)CCOCC1. The lowest BCUT2D eigenvalue weighted by atomic mass is 9.92. The highest BCUT2D eigenvalue weighted by Crippen LogP contribution is 2.44. The number of rotatable bonds is 7.